The first kappa shape index (κ1) is 10.9. The van der Waals surface area contributed by atoms with Gasteiger partial charge in [-0.2, -0.15) is 5.10 Å². The van der Waals surface area contributed by atoms with E-state index in [0.717, 1.165) is 33.5 Å². The second kappa shape index (κ2) is 3.63. The third-order valence-electron chi connectivity index (χ3n) is 3.41. The Morgan fingerprint density at radius 2 is 2.00 bits per heavy atom. The molecule has 0 aliphatic carbocycles. The number of H-pyrrole nitrogens is 1. The fourth-order valence-corrected chi connectivity index (χ4v) is 2.44. The molecule has 4 nitrogen and oxygen atoms in total. The number of nitrogens with one attached hydrogen (secondary N) is 1. The van der Waals surface area contributed by atoms with Crippen molar-refractivity contribution in [2.45, 2.75) is 13.8 Å². The molecular formula is C14H16N4. The molecule has 0 radical (unpaired) electrons. The van der Waals surface area contributed by atoms with Gasteiger partial charge >= 0.3 is 0 Å². The minimum absolute atomic E-state index is 0.804. The largest absolute Gasteiger partial charge is 0.398 e. The lowest BCUT2D eigenvalue weighted by molar-refractivity contribution is 0.774. The zero-order valence-electron chi connectivity index (χ0n) is 10.8. The molecule has 0 aliphatic rings. The first-order valence-electron chi connectivity index (χ1n) is 5.94. The molecule has 0 fully saturated rings. The molecule has 3 aromatic rings. The molecule has 3 N–H and O–H groups in total. The molecule has 0 spiro atoms. The molecule has 0 bridgehead atoms. The van der Waals surface area contributed by atoms with Crippen LogP contribution in [-0.2, 0) is 7.05 Å². The summed E-state index contributed by atoms with van der Waals surface area (Å²) in [6.45, 7) is 4.14. The maximum Gasteiger partial charge on any atom is 0.0870 e. The summed E-state index contributed by atoms with van der Waals surface area (Å²) in [5, 5.41) is 5.35. The topological polar surface area (TPSA) is 59.6 Å². The van der Waals surface area contributed by atoms with Crippen molar-refractivity contribution in [1.29, 1.82) is 0 Å². The Labute approximate surface area is 105 Å². The summed E-state index contributed by atoms with van der Waals surface area (Å²) >= 11 is 0. The maximum absolute atomic E-state index is 6.03. The molecule has 0 amide bonds. The number of anilines is 1. The molecule has 0 saturated heterocycles. The minimum atomic E-state index is 0.804. The number of rotatable bonds is 1. The van der Waals surface area contributed by atoms with Crippen molar-refractivity contribution in [1.82, 2.24) is 14.8 Å². The van der Waals surface area contributed by atoms with Crippen LogP contribution in [0.4, 0.5) is 5.69 Å². The van der Waals surface area contributed by atoms with Crippen molar-refractivity contribution in [3.63, 3.8) is 0 Å². The third kappa shape index (κ3) is 1.42. The van der Waals surface area contributed by atoms with Gasteiger partial charge in [0.05, 0.1) is 23.1 Å². The monoisotopic (exact) mass is 240 g/mol. The second-order valence-corrected chi connectivity index (χ2v) is 4.74. The number of aryl methyl sites for hydroxylation is 3. The predicted octanol–water partition coefficient (Wildman–Crippen LogP) is 2.77. The normalized spacial score (nSPS) is 11.3. The van der Waals surface area contributed by atoms with Gasteiger partial charge in [-0.15, -0.1) is 0 Å². The highest BCUT2D eigenvalue weighted by Crippen LogP contribution is 2.30. The van der Waals surface area contributed by atoms with Crippen molar-refractivity contribution in [2.75, 3.05) is 5.73 Å². The Hall–Kier alpha value is -2.23. The maximum atomic E-state index is 6.03. The Morgan fingerprint density at radius 3 is 2.61 bits per heavy atom. The van der Waals surface area contributed by atoms with E-state index >= 15 is 0 Å². The molecule has 18 heavy (non-hydrogen) atoms. The zero-order valence-corrected chi connectivity index (χ0v) is 10.8. The van der Waals surface area contributed by atoms with Crippen molar-refractivity contribution in [3.05, 3.63) is 35.5 Å². The van der Waals surface area contributed by atoms with Crippen LogP contribution < -0.4 is 5.73 Å². The molecule has 3 rings (SSSR count). The van der Waals surface area contributed by atoms with E-state index in [0.29, 0.717) is 0 Å². The first-order valence-corrected chi connectivity index (χ1v) is 5.94. The molecule has 2 aromatic heterocycles. The van der Waals surface area contributed by atoms with E-state index in [9.17, 15) is 0 Å². The predicted molar refractivity (Wildman–Crippen MR) is 74.4 cm³/mol. The average molecular weight is 240 g/mol. The van der Waals surface area contributed by atoms with E-state index < -0.39 is 0 Å². The Balaban J connectivity index is 2.32. The first-order chi connectivity index (χ1) is 8.58. The molecule has 1 aromatic carbocycles. The number of nitrogens with two attached hydrogens (primary N) is 1. The number of aromatic nitrogens is 3. The van der Waals surface area contributed by atoms with E-state index in [4.69, 9.17) is 5.73 Å². The quantitative estimate of drug-likeness (QED) is 0.642. The van der Waals surface area contributed by atoms with Crippen molar-refractivity contribution >= 4 is 16.6 Å². The molecule has 2 heterocycles. The van der Waals surface area contributed by atoms with E-state index in [1.54, 1.807) is 0 Å². The number of nitrogen functional groups attached to an aromatic ring is 1. The van der Waals surface area contributed by atoms with Gasteiger partial charge in [0.1, 0.15) is 0 Å². The number of hydrogen-bond acceptors (Lipinski definition) is 2. The second-order valence-electron chi connectivity index (χ2n) is 4.74. The van der Waals surface area contributed by atoms with Gasteiger partial charge in [0.25, 0.3) is 0 Å². The number of hydrogen-bond donors (Lipinski definition) is 2. The Bertz CT molecular complexity index is 675. The van der Waals surface area contributed by atoms with Crippen LogP contribution in [0.15, 0.2) is 24.4 Å². The van der Waals surface area contributed by atoms with Crippen LogP contribution in [-0.4, -0.2) is 14.8 Å². The van der Waals surface area contributed by atoms with Crippen LogP contribution in [0.2, 0.25) is 0 Å². The van der Waals surface area contributed by atoms with Gasteiger partial charge in [0.15, 0.2) is 0 Å². The highest BCUT2D eigenvalue weighted by atomic mass is 15.3. The molecule has 0 saturated carbocycles. The van der Waals surface area contributed by atoms with Crippen LogP contribution in [0.5, 0.6) is 0 Å². The molecule has 4 heteroatoms. The van der Waals surface area contributed by atoms with Crippen LogP contribution in [0.25, 0.3) is 22.3 Å². The van der Waals surface area contributed by atoms with Gasteiger partial charge in [-0.1, -0.05) is 6.07 Å². The van der Waals surface area contributed by atoms with Gasteiger partial charge in [-0.05, 0) is 37.1 Å². The van der Waals surface area contributed by atoms with Crippen LogP contribution >= 0.6 is 0 Å². The summed E-state index contributed by atoms with van der Waals surface area (Å²) in [5.74, 6) is 0. The lowest BCUT2D eigenvalue weighted by Crippen LogP contribution is -1.94. The van der Waals surface area contributed by atoms with E-state index in [1.807, 2.05) is 30.1 Å². The van der Waals surface area contributed by atoms with Crippen LogP contribution in [0.1, 0.15) is 11.1 Å². The van der Waals surface area contributed by atoms with Gasteiger partial charge in [0, 0.05) is 18.1 Å². The lowest BCUT2D eigenvalue weighted by atomic mass is 10.1. The van der Waals surface area contributed by atoms with Crippen molar-refractivity contribution in [3.8, 4) is 11.4 Å². The standard InChI is InChI=1S/C14H16N4/c1-8-4-5-11(15)10-6-12(17-13(8)10)14-9(2)7-16-18(14)3/h4-7,17H,15H2,1-3H3. The summed E-state index contributed by atoms with van der Waals surface area (Å²) in [6, 6.07) is 6.08. The fourth-order valence-electron chi connectivity index (χ4n) is 2.44. The zero-order chi connectivity index (χ0) is 12.9. The number of aromatic amines is 1. The minimum Gasteiger partial charge on any atom is -0.398 e. The van der Waals surface area contributed by atoms with Crippen molar-refractivity contribution in [2.24, 2.45) is 7.05 Å². The molecule has 92 valence electrons. The van der Waals surface area contributed by atoms with Gasteiger partial charge in [0.2, 0.25) is 0 Å². The number of nitrogens with zero attached hydrogens (tertiary/aromatic N) is 2. The van der Waals surface area contributed by atoms with Gasteiger partial charge in [-0.25, -0.2) is 0 Å². The van der Waals surface area contributed by atoms with Crippen LogP contribution in [0.3, 0.4) is 0 Å². The fraction of sp³-hybridized carbons (Fsp3) is 0.214. The van der Waals surface area contributed by atoms with E-state index in [2.05, 4.69) is 30.0 Å². The Morgan fingerprint density at radius 1 is 1.22 bits per heavy atom. The summed E-state index contributed by atoms with van der Waals surface area (Å²) < 4.78 is 1.88. The van der Waals surface area contributed by atoms with Crippen molar-refractivity contribution < 1.29 is 0 Å². The summed E-state index contributed by atoms with van der Waals surface area (Å²) in [7, 11) is 1.95. The van der Waals surface area contributed by atoms with E-state index in [-0.39, 0.29) is 0 Å². The van der Waals surface area contributed by atoms with Gasteiger partial charge in [-0.3, -0.25) is 4.68 Å². The summed E-state index contributed by atoms with van der Waals surface area (Å²) in [6.07, 6.45) is 1.87. The summed E-state index contributed by atoms with van der Waals surface area (Å²) in [5.41, 5.74) is 12.4. The molecular weight excluding hydrogens is 224 g/mol. The highest BCUT2D eigenvalue weighted by Gasteiger charge is 2.12. The van der Waals surface area contributed by atoms with Gasteiger partial charge < -0.3 is 10.7 Å². The number of fused-ring (bicyclic) bond motifs is 1. The average Bonchev–Trinajstić information content (AvgIpc) is 2.89. The van der Waals surface area contributed by atoms with E-state index in [1.165, 1.54) is 5.56 Å². The van der Waals surface area contributed by atoms with Crippen LogP contribution in [0, 0.1) is 13.8 Å². The molecule has 0 unspecified atom stereocenters. The summed E-state index contributed by atoms with van der Waals surface area (Å²) in [4.78, 5) is 3.45. The lowest BCUT2D eigenvalue weighted by Gasteiger charge is -2.00. The number of benzene rings is 1. The SMILES string of the molecule is Cc1cnn(C)c1-c1cc2c(N)ccc(C)c2[nH]1. The molecule has 0 atom stereocenters. The molecule has 0 aliphatic heterocycles. The third-order valence-corrected chi connectivity index (χ3v) is 3.41. The Kier molecular flexibility index (Phi) is 2.20. The smallest absolute Gasteiger partial charge is 0.0870 e. The highest BCUT2D eigenvalue weighted by molar-refractivity contribution is 5.96.